The van der Waals surface area contributed by atoms with Crippen molar-refractivity contribution in [3.8, 4) is 0 Å². The molecule has 1 aromatic carbocycles. The number of pyridine rings is 1. The molecule has 0 radical (unpaired) electrons. The lowest BCUT2D eigenvalue weighted by molar-refractivity contribution is -0.198. The topological polar surface area (TPSA) is 108 Å². The van der Waals surface area contributed by atoms with Crippen LogP contribution in [0.15, 0.2) is 53.7 Å². The fourth-order valence-corrected chi connectivity index (χ4v) is 3.98. The zero-order chi connectivity index (χ0) is 21.4. The number of rotatable bonds is 5. The summed E-state index contributed by atoms with van der Waals surface area (Å²) >= 11 is 5.65. The van der Waals surface area contributed by atoms with Crippen LogP contribution in [0.2, 0.25) is 5.02 Å². The van der Waals surface area contributed by atoms with Crippen LogP contribution in [-0.4, -0.2) is 42.1 Å². The zero-order valence-corrected chi connectivity index (χ0v) is 15.8. The van der Waals surface area contributed by atoms with Gasteiger partial charge in [0.25, 0.3) is 11.6 Å². The van der Waals surface area contributed by atoms with Crippen molar-refractivity contribution >= 4 is 33.6 Å². The van der Waals surface area contributed by atoms with Crippen molar-refractivity contribution in [3.05, 3.63) is 59.4 Å². The molecule has 0 bridgehead atoms. The van der Waals surface area contributed by atoms with Crippen LogP contribution in [0.3, 0.4) is 0 Å². The molecule has 13 heteroatoms. The number of hydrogen-bond donors (Lipinski definition) is 2. The number of halogens is 4. The molecule has 3 rings (SSSR count). The second-order valence-corrected chi connectivity index (χ2v) is 8.11. The van der Waals surface area contributed by atoms with E-state index in [0.29, 0.717) is 0 Å². The lowest BCUT2D eigenvalue weighted by atomic mass is 10.1. The highest BCUT2D eigenvalue weighted by Crippen LogP contribution is 2.35. The van der Waals surface area contributed by atoms with Crippen LogP contribution >= 0.6 is 11.6 Å². The molecular weight excluding hydrogens is 437 g/mol. The standard InChI is InChI=1S/C16H12ClF3N4O4S/c17-11-3-5-12(6-4-11)29(27,28)23-15(16(18,19)20)13(25)24(14(26)22-15)9-10-2-1-7-21-8-10/h1-8,23H,9H2,(H,22,26)/t15-/m1/s1. The predicted molar refractivity (Wildman–Crippen MR) is 93.9 cm³/mol. The molecule has 8 nitrogen and oxygen atoms in total. The smallest absolute Gasteiger partial charge is 0.303 e. The zero-order valence-electron chi connectivity index (χ0n) is 14.3. The molecule has 1 saturated heterocycles. The monoisotopic (exact) mass is 448 g/mol. The Hall–Kier alpha value is -2.70. The highest BCUT2D eigenvalue weighted by atomic mass is 35.5. The molecular formula is C16H12ClF3N4O4S. The number of carbonyl (C=O) groups excluding carboxylic acids is 2. The fourth-order valence-electron chi connectivity index (χ4n) is 2.59. The van der Waals surface area contributed by atoms with Crippen molar-refractivity contribution in [3.63, 3.8) is 0 Å². The van der Waals surface area contributed by atoms with Gasteiger partial charge < -0.3 is 5.32 Å². The van der Waals surface area contributed by atoms with Crippen molar-refractivity contribution in [1.29, 1.82) is 0 Å². The average molecular weight is 449 g/mol. The summed E-state index contributed by atoms with van der Waals surface area (Å²) in [4.78, 5) is 28.2. The summed E-state index contributed by atoms with van der Waals surface area (Å²) in [7, 11) is -4.86. The summed E-state index contributed by atoms with van der Waals surface area (Å²) < 4.78 is 67.8. The first-order valence-corrected chi connectivity index (χ1v) is 9.72. The SMILES string of the molecule is O=C1N[C@](NS(=O)(=O)c2ccc(Cl)cc2)(C(F)(F)F)C(=O)N1Cc1cccnc1. The molecule has 2 heterocycles. The molecule has 3 amide bonds. The summed E-state index contributed by atoms with van der Waals surface area (Å²) in [6, 6.07) is 5.73. The van der Waals surface area contributed by atoms with Crippen LogP contribution in [0.25, 0.3) is 0 Å². The number of sulfonamides is 1. The maximum atomic E-state index is 13.8. The van der Waals surface area contributed by atoms with Gasteiger partial charge in [-0.1, -0.05) is 17.7 Å². The molecule has 1 aromatic heterocycles. The van der Waals surface area contributed by atoms with E-state index in [9.17, 15) is 31.2 Å². The maximum absolute atomic E-state index is 13.8. The summed E-state index contributed by atoms with van der Waals surface area (Å²) in [6.45, 7) is -0.529. The molecule has 0 saturated carbocycles. The van der Waals surface area contributed by atoms with E-state index < -0.39 is 45.2 Å². The lowest BCUT2D eigenvalue weighted by Crippen LogP contribution is -2.69. The number of nitrogens with one attached hydrogen (secondary N) is 2. The summed E-state index contributed by atoms with van der Waals surface area (Å²) in [5.41, 5.74) is -3.58. The number of carbonyl (C=O) groups is 2. The Morgan fingerprint density at radius 2 is 1.83 bits per heavy atom. The molecule has 154 valence electrons. The number of alkyl halides is 3. The van der Waals surface area contributed by atoms with Gasteiger partial charge in [-0.2, -0.15) is 17.9 Å². The first-order chi connectivity index (χ1) is 13.5. The van der Waals surface area contributed by atoms with E-state index in [1.54, 1.807) is 0 Å². The van der Waals surface area contributed by atoms with Gasteiger partial charge in [0.15, 0.2) is 0 Å². The molecule has 1 atom stereocenters. The van der Waals surface area contributed by atoms with E-state index in [0.717, 1.165) is 24.3 Å². The number of imide groups is 1. The second-order valence-electron chi connectivity index (χ2n) is 5.99. The second kappa shape index (κ2) is 7.28. The van der Waals surface area contributed by atoms with Crippen LogP contribution in [0.5, 0.6) is 0 Å². The fraction of sp³-hybridized carbons (Fsp3) is 0.188. The summed E-state index contributed by atoms with van der Waals surface area (Å²) in [5.74, 6) is -1.81. The molecule has 2 N–H and O–H groups in total. The van der Waals surface area contributed by atoms with Gasteiger partial charge in [0.2, 0.25) is 10.0 Å². The number of nitrogens with zero attached hydrogens (tertiary/aromatic N) is 2. The van der Waals surface area contributed by atoms with Gasteiger partial charge in [-0.15, -0.1) is 0 Å². The van der Waals surface area contributed by atoms with Crippen molar-refractivity contribution in [2.24, 2.45) is 0 Å². The number of hydrogen-bond acceptors (Lipinski definition) is 5. The predicted octanol–water partition coefficient (Wildman–Crippen LogP) is 2.02. The molecule has 1 fully saturated rings. The van der Waals surface area contributed by atoms with Gasteiger partial charge in [0.1, 0.15) is 0 Å². The summed E-state index contributed by atoms with van der Waals surface area (Å²) in [6.07, 6.45) is -2.81. The van der Waals surface area contributed by atoms with E-state index in [1.807, 2.05) is 0 Å². The molecule has 2 aromatic rings. The van der Waals surface area contributed by atoms with Gasteiger partial charge in [-0.25, -0.2) is 13.2 Å². The Morgan fingerprint density at radius 3 is 2.38 bits per heavy atom. The van der Waals surface area contributed by atoms with Crippen molar-refractivity contribution in [2.45, 2.75) is 23.3 Å². The van der Waals surface area contributed by atoms with Gasteiger partial charge in [0, 0.05) is 17.4 Å². The quantitative estimate of drug-likeness (QED) is 0.680. The Labute approximate surface area is 167 Å². The van der Waals surface area contributed by atoms with Crippen LogP contribution in [0.4, 0.5) is 18.0 Å². The molecule has 1 aliphatic heterocycles. The average Bonchev–Trinajstić information content (AvgIpc) is 2.87. The number of aromatic nitrogens is 1. The van der Waals surface area contributed by atoms with E-state index in [4.69, 9.17) is 11.6 Å². The first kappa shape index (κ1) is 21.0. The molecule has 29 heavy (non-hydrogen) atoms. The molecule has 1 aliphatic rings. The van der Waals surface area contributed by atoms with Gasteiger partial charge in [0.05, 0.1) is 11.4 Å². The number of benzene rings is 1. The maximum Gasteiger partial charge on any atom is 0.435 e. The Morgan fingerprint density at radius 1 is 1.17 bits per heavy atom. The van der Waals surface area contributed by atoms with Gasteiger partial charge >= 0.3 is 12.2 Å². The van der Waals surface area contributed by atoms with E-state index in [-0.39, 0.29) is 15.5 Å². The van der Waals surface area contributed by atoms with Crippen LogP contribution in [-0.2, 0) is 21.4 Å². The van der Waals surface area contributed by atoms with Gasteiger partial charge in [-0.05, 0) is 35.9 Å². The minimum atomic E-state index is -5.47. The van der Waals surface area contributed by atoms with Crippen molar-refractivity contribution in [1.82, 2.24) is 19.9 Å². The van der Waals surface area contributed by atoms with E-state index >= 15 is 0 Å². The van der Waals surface area contributed by atoms with Crippen LogP contribution in [0.1, 0.15) is 5.56 Å². The Balaban J connectivity index is 1.98. The van der Waals surface area contributed by atoms with Crippen molar-refractivity contribution in [2.75, 3.05) is 0 Å². The third kappa shape index (κ3) is 3.91. The molecule has 0 unspecified atom stereocenters. The van der Waals surface area contributed by atoms with Crippen LogP contribution < -0.4 is 10.0 Å². The molecule has 0 spiro atoms. The minimum Gasteiger partial charge on any atom is -0.303 e. The van der Waals surface area contributed by atoms with E-state index in [2.05, 4.69) is 4.98 Å². The number of urea groups is 1. The lowest BCUT2D eigenvalue weighted by Gasteiger charge is -2.29. The molecule has 0 aliphatic carbocycles. The highest BCUT2D eigenvalue weighted by Gasteiger charge is 2.69. The number of amides is 3. The summed E-state index contributed by atoms with van der Waals surface area (Å²) in [5, 5.41) is 1.60. The van der Waals surface area contributed by atoms with Crippen molar-refractivity contribution < 1.29 is 31.2 Å². The normalized spacial score (nSPS) is 20.1. The minimum absolute atomic E-state index is 0.155. The highest BCUT2D eigenvalue weighted by molar-refractivity contribution is 7.89. The van der Waals surface area contributed by atoms with Gasteiger partial charge in [-0.3, -0.25) is 14.7 Å². The van der Waals surface area contributed by atoms with E-state index in [1.165, 1.54) is 34.6 Å². The van der Waals surface area contributed by atoms with Crippen LogP contribution in [0, 0.1) is 0 Å². The third-order valence-corrected chi connectivity index (χ3v) is 5.73. The third-order valence-electron chi connectivity index (χ3n) is 4.01. The first-order valence-electron chi connectivity index (χ1n) is 7.85. The largest absolute Gasteiger partial charge is 0.435 e. The Kier molecular flexibility index (Phi) is 5.28. The Bertz CT molecular complexity index is 1050.